The molecule has 1 saturated heterocycles. The molecule has 2 aliphatic rings. The van der Waals surface area contributed by atoms with Gasteiger partial charge in [-0.3, -0.25) is 4.90 Å². The number of hydrogen-bond donors (Lipinski definition) is 1. The van der Waals surface area contributed by atoms with Crippen molar-refractivity contribution in [3.05, 3.63) is 35.6 Å². The fourth-order valence-corrected chi connectivity index (χ4v) is 5.60. The van der Waals surface area contributed by atoms with Gasteiger partial charge in [-0.15, -0.1) is 0 Å². The summed E-state index contributed by atoms with van der Waals surface area (Å²) in [6, 6.07) is 5.63. The van der Waals surface area contributed by atoms with Crippen molar-refractivity contribution in [3.8, 4) is 0 Å². The summed E-state index contributed by atoms with van der Waals surface area (Å²) in [6.07, 6.45) is 3.45. The van der Waals surface area contributed by atoms with Crippen LogP contribution >= 0.6 is 0 Å². The van der Waals surface area contributed by atoms with Crippen LogP contribution in [0.25, 0.3) is 0 Å². The molecule has 3 rings (SSSR count). The van der Waals surface area contributed by atoms with E-state index in [0.717, 1.165) is 35.6 Å². The van der Waals surface area contributed by atoms with Gasteiger partial charge in [0.15, 0.2) is 0 Å². The van der Waals surface area contributed by atoms with E-state index in [1.54, 1.807) is 17.0 Å². The average molecular weight is 472 g/mol. The molecule has 0 aromatic heterocycles. The molecule has 180 valence electrons. The predicted octanol–water partition coefficient (Wildman–Crippen LogP) is 2.86. The normalized spacial score (nSPS) is 28.8. The minimum absolute atomic E-state index is 0.0151. The lowest BCUT2D eigenvalue weighted by Gasteiger charge is -2.33. The number of methoxy groups -OCH3 is 1. The Balaban J connectivity index is 1.62. The summed E-state index contributed by atoms with van der Waals surface area (Å²) in [5.41, 5.74) is 1.02. The molecule has 2 fully saturated rings. The zero-order valence-electron chi connectivity index (χ0n) is 19.2. The number of amides is 1. The average Bonchev–Trinajstić information content (AvgIpc) is 3.06. The number of nitrogens with zero attached hydrogens (tertiary/aromatic N) is 2. The highest BCUT2D eigenvalue weighted by Gasteiger charge is 2.44. The van der Waals surface area contributed by atoms with Gasteiger partial charge in [0.2, 0.25) is 0 Å². The molecule has 0 bridgehead atoms. The molecule has 32 heavy (non-hydrogen) atoms. The van der Waals surface area contributed by atoms with E-state index in [1.807, 2.05) is 13.0 Å². The van der Waals surface area contributed by atoms with Crippen LogP contribution in [0.1, 0.15) is 50.5 Å². The number of carbonyl (C=O) groups is 1. The van der Waals surface area contributed by atoms with Gasteiger partial charge in [-0.2, -0.15) is 17.4 Å². The smallest absolute Gasteiger partial charge is 0.410 e. The summed E-state index contributed by atoms with van der Waals surface area (Å²) in [7, 11) is 0.577. The monoisotopic (exact) mass is 471 g/mol. The third-order valence-electron chi connectivity index (χ3n) is 6.56. The maximum absolute atomic E-state index is 13.5. The molecule has 1 aromatic carbocycles. The van der Waals surface area contributed by atoms with Gasteiger partial charge >= 0.3 is 6.09 Å². The lowest BCUT2D eigenvalue weighted by molar-refractivity contribution is -0.00865. The Labute approximate surface area is 190 Å². The third kappa shape index (κ3) is 5.78. The Kier molecular flexibility index (Phi) is 8.13. The maximum Gasteiger partial charge on any atom is 0.410 e. The molecule has 3 atom stereocenters. The van der Waals surface area contributed by atoms with Crippen LogP contribution in [0.15, 0.2) is 24.3 Å². The molecule has 1 aliphatic heterocycles. The molecular weight excluding hydrogens is 437 g/mol. The van der Waals surface area contributed by atoms with Crippen molar-refractivity contribution < 1.29 is 27.1 Å². The van der Waals surface area contributed by atoms with E-state index in [9.17, 15) is 17.6 Å². The number of likely N-dealkylation sites (tertiary alicyclic amines) is 1. The first-order chi connectivity index (χ1) is 15.1. The summed E-state index contributed by atoms with van der Waals surface area (Å²) in [4.78, 5) is 14.0. The van der Waals surface area contributed by atoms with Crippen molar-refractivity contribution in [2.24, 2.45) is 0 Å². The summed E-state index contributed by atoms with van der Waals surface area (Å²) >= 11 is 0. The lowest BCUT2D eigenvalue weighted by atomic mass is 9.82. The predicted molar refractivity (Wildman–Crippen MR) is 119 cm³/mol. The molecule has 1 aliphatic carbocycles. The van der Waals surface area contributed by atoms with E-state index in [1.165, 1.54) is 27.3 Å². The summed E-state index contributed by atoms with van der Waals surface area (Å²) in [5, 5.41) is 0. The topological polar surface area (TPSA) is 88.2 Å². The number of ether oxygens (including phenoxy) is 2. The zero-order valence-corrected chi connectivity index (χ0v) is 20.0. The van der Waals surface area contributed by atoms with Gasteiger partial charge in [-0.1, -0.05) is 12.1 Å². The highest BCUT2D eigenvalue weighted by molar-refractivity contribution is 7.87. The van der Waals surface area contributed by atoms with Gasteiger partial charge < -0.3 is 9.47 Å². The Morgan fingerprint density at radius 1 is 1.25 bits per heavy atom. The molecule has 1 aromatic rings. The molecule has 0 radical (unpaired) electrons. The number of carbonyl (C=O) groups excluding carboxylic acids is 1. The van der Waals surface area contributed by atoms with E-state index in [0.29, 0.717) is 12.3 Å². The molecule has 1 N–H and O–H groups in total. The van der Waals surface area contributed by atoms with Crippen molar-refractivity contribution in [1.82, 2.24) is 13.9 Å². The number of rotatable bonds is 7. The largest absolute Gasteiger partial charge is 0.453 e. The summed E-state index contributed by atoms with van der Waals surface area (Å²) in [6.45, 7) is 2.09. The van der Waals surface area contributed by atoms with E-state index in [2.05, 4.69) is 4.72 Å². The molecule has 0 unspecified atom stereocenters. The second-order valence-electron chi connectivity index (χ2n) is 8.90. The first-order valence-electron chi connectivity index (χ1n) is 11.1. The Morgan fingerprint density at radius 3 is 2.53 bits per heavy atom. The van der Waals surface area contributed by atoms with Crippen LogP contribution in [0.4, 0.5) is 9.18 Å². The summed E-state index contributed by atoms with van der Waals surface area (Å²) in [5.74, 6) is 0.0913. The Hall–Kier alpha value is -1.75. The van der Waals surface area contributed by atoms with Gasteiger partial charge in [-0.05, 0) is 62.6 Å². The molecule has 8 nitrogen and oxygen atoms in total. The van der Waals surface area contributed by atoms with Crippen LogP contribution in [0.2, 0.25) is 0 Å². The second kappa shape index (κ2) is 10.5. The number of hydrogen-bond acceptors (Lipinski definition) is 5. The van der Waals surface area contributed by atoms with Crippen LogP contribution < -0.4 is 4.72 Å². The Bertz CT molecular complexity index is 889. The van der Waals surface area contributed by atoms with Crippen molar-refractivity contribution >= 4 is 16.3 Å². The van der Waals surface area contributed by atoms with Gasteiger partial charge in [0.1, 0.15) is 5.82 Å². The molecule has 0 spiro atoms. The fourth-order valence-electron chi connectivity index (χ4n) is 4.76. The standard InChI is InChI=1S/C22H34FN3O5S/c1-15-12-20(24-32(28,29)25(2)3)21(26(15)22(27)30-4)14-31-19-10-8-16(9-11-19)17-6-5-7-18(23)13-17/h5-7,13,15-16,19-21,24H,8-12,14H2,1-4H3/t15-,16-,19+,20+,21+/m1/s1. The molecule has 1 amide bonds. The summed E-state index contributed by atoms with van der Waals surface area (Å²) < 4.78 is 53.3. The number of halogens is 1. The maximum atomic E-state index is 13.5. The van der Waals surface area contributed by atoms with E-state index >= 15 is 0 Å². The number of benzene rings is 1. The zero-order chi connectivity index (χ0) is 23.5. The molecule has 1 saturated carbocycles. The van der Waals surface area contributed by atoms with Gasteiger partial charge in [0, 0.05) is 26.2 Å². The van der Waals surface area contributed by atoms with Crippen molar-refractivity contribution in [2.45, 2.75) is 69.2 Å². The minimum Gasteiger partial charge on any atom is -0.453 e. The van der Waals surface area contributed by atoms with Crippen LogP contribution in [-0.4, -0.2) is 75.8 Å². The third-order valence-corrected chi connectivity index (χ3v) is 8.12. The van der Waals surface area contributed by atoms with Gasteiger partial charge in [0.25, 0.3) is 10.2 Å². The fraction of sp³-hybridized carbons (Fsp3) is 0.682. The highest BCUT2D eigenvalue weighted by Crippen LogP contribution is 2.35. The lowest BCUT2D eigenvalue weighted by Crippen LogP contribution is -2.52. The van der Waals surface area contributed by atoms with Crippen LogP contribution in [-0.2, 0) is 19.7 Å². The van der Waals surface area contributed by atoms with E-state index in [-0.39, 0.29) is 24.6 Å². The highest BCUT2D eigenvalue weighted by atomic mass is 32.2. The minimum atomic E-state index is -3.66. The van der Waals surface area contributed by atoms with E-state index in [4.69, 9.17) is 9.47 Å². The number of nitrogens with one attached hydrogen (secondary N) is 1. The van der Waals surface area contributed by atoms with Crippen LogP contribution in [0, 0.1) is 5.82 Å². The first-order valence-corrected chi connectivity index (χ1v) is 12.5. The molecule has 10 heteroatoms. The first kappa shape index (κ1) is 24.9. The van der Waals surface area contributed by atoms with Gasteiger partial charge in [-0.25, -0.2) is 9.18 Å². The van der Waals surface area contributed by atoms with Gasteiger partial charge in [0.05, 0.1) is 25.9 Å². The van der Waals surface area contributed by atoms with Crippen LogP contribution in [0.3, 0.4) is 0 Å². The van der Waals surface area contributed by atoms with Crippen molar-refractivity contribution in [3.63, 3.8) is 0 Å². The Morgan fingerprint density at radius 2 is 1.94 bits per heavy atom. The SMILES string of the molecule is COC(=O)N1[C@H](C)C[C@H](NS(=O)(=O)N(C)C)[C@@H]1CO[C@H]1CC[C@@H](c2cccc(F)c2)CC1. The molecule has 1 heterocycles. The van der Waals surface area contributed by atoms with E-state index < -0.39 is 28.4 Å². The van der Waals surface area contributed by atoms with Crippen molar-refractivity contribution in [1.29, 1.82) is 0 Å². The quantitative estimate of drug-likeness (QED) is 0.661. The van der Waals surface area contributed by atoms with Crippen LogP contribution in [0.5, 0.6) is 0 Å². The molecular formula is C22H34FN3O5S. The second-order valence-corrected chi connectivity index (χ2v) is 10.8. The van der Waals surface area contributed by atoms with Crippen molar-refractivity contribution in [2.75, 3.05) is 27.8 Å².